The normalized spacial score (nSPS) is 10.8. The molecular weight excluding hydrogens is 268 g/mol. The van der Waals surface area contributed by atoms with Crippen molar-refractivity contribution in [2.24, 2.45) is 5.11 Å². The maximum atomic E-state index is 8.15. The number of aromatic nitrogens is 1. The smallest absolute Gasteiger partial charge is 0.0471 e. The topological polar surface area (TPSA) is 64.6 Å². The number of hydrogen-bond donors (Lipinski definition) is 1. The van der Waals surface area contributed by atoms with E-state index >= 15 is 0 Å². The molecule has 0 saturated carbocycles. The predicted octanol–water partition coefficient (Wildman–Crippen LogP) is 4.25. The number of aromatic amines is 1. The fraction of sp³-hybridized carbons (Fsp3) is 0.0909. The summed E-state index contributed by atoms with van der Waals surface area (Å²) in [4.78, 5) is 5.88. The third-order valence-corrected chi connectivity index (χ3v) is 2.89. The van der Waals surface area contributed by atoms with Gasteiger partial charge < -0.3 is 4.98 Å². The zero-order chi connectivity index (χ0) is 11.4. The van der Waals surface area contributed by atoms with Crippen molar-refractivity contribution in [3.05, 3.63) is 51.0 Å². The Kier molecular flexibility index (Phi) is 3.29. The SMILES string of the molecule is [N-]=[N+]=NCC=Cc1c[nH]c2cccc(Br)c12. The molecule has 5 heteroatoms. The van der Waals surface area contributed by atoms with E-state index in [1.54, 1.807) is 0 Å². The lowest BCUT2D eigenvalue weighted by Gasteiger charge is -1.95. The molecule has 1 heterocycles. The van der Waals surface area contributed by atoms with Gasteiger partial charge >= 0.3 is 0 Å². The van der Waals surface area contributed by atoms with Gasteiger partial charge in [-0.05, 0) is 17.7 Å². The molecule has 0 aliphatic rings. The van der Waals surface area contributed by atoms with Gasteiger partial charge in [0.2, 0.25) is 0 Å². The van der Waals surface area contributed by atoms with E-state index in [-0.39, 0.29) is 0 Å². The molecule has 16 heavy (non-hydrogen) atoms. The summed E-state index contributed by atoms with van der Waals surface area (Å²) in [6.45, 7) is 0.369. The molecule has 2 aromatic rings. The minimum Gasteiger partial charge on any atom is -0.361 e. The Balaban J connectivity index is 2.38. The number of benzene rings is 1. The second-order valence-corrected chi connectivity index (χ2v) is 4.08. The van der Waals surface area contributed by atoms with Crippen LogP contribution in [-0.2, 0) is 0 Å². The monoisotopic (exact) mass is 276 g/mol. The minimum atomic E-state index is 0.369. The van der Waals surface area contributed by atoms with E-state index < -0.39 is 0 Å². The quantitative estimate of drug-likeness (QED) is 0.495. The van der Waals surface area contributed by atoms with Crippen LogP contribution in [0.1, 0.15) is 5.56 Å². The number of H-pyrrole nitrogens is 1. The Morgan fingerprint density at radius 3 is 3.19 bits per heavy atom. The molecule has 1 aromatic carbocycles. The van der Waals surface area contributed by atoms with E-state index in [2.05, 4.69) is 30.9 Å². The van der Waals surface area contributed by atoms with Gasteiger partial charge in [-0.2, -0.15) is 0 Å². The van der Waals surface area contributed by atoms with Crippen LogP contribution >= 0.6 is 15.9 Å². The summed E-state index contributed by atoms with van der Waals surface area (Å²) >= 11 is 3.51. The van der Waals surface area contributed by atoms with E-state index in [0.717, 1.165) is 20.9 Å². The summed E-state index contributed by atoms with van der Waals surface area (Å²) in [6.07, 6.45) is 5.71. The molecule has 80 valence electrons. The van der Waals surface area contributed by atoms with Gasteiger partial charge in [-0.25, -0.2) is 0 Å². The standard InChI is InChI=1S/C11H9BrN4/c12-9-4-1-5-10-11(9)8(7-14-10)3-2-6-15-16-13/h1-5,7,14H,6H2. The summed E-state index contributed by atoms with van der Waals surface area (Å²) in [5.74, 6) is 0. The van der Waals surface area contributed by atoms with Gasteiger partial charge in [0.05, 0.1) is 0 Å². The van der Waals surface area contributed by atoms with E-state index in [0.29, 0.717) is 6.54 Å². The molecule has 0 aliphatic heterocycles. The molecule has 0 spiro atoms. The molecule has 1 aromatic heterocycles. The lowest BCUT2D eigenvalue weighted by Crippen LogP contribution is -1.73. The van der Waals surface area contributed by atoms with Crippen molar-refractivity contribution in [3.8, 4) is 0 Å². The molecule has 0 saturated heterocycles. The van der Waals surface area contributed by atoms with Crippen molar-refractivity contribution >= 4 is 32.9 Å². The van der Waals surface area contributed by atoms with Crippen molar-refractivity contribution in [2.45, 2.75) is 0 Å². The Labute approximate surface area is 101 Å². The predicted molar refractivity (Wildman–Crippen MR) is 69.0 cm³/mol. The first-order valence-corrected chi connectivity index (χ1v) is 5.55. The molecule has 0 bridgehead atoms. The summed E-state index contributed by atoms with van der Waals surface area (Å²) in [7, 11) is 0. The lowest BCUT2D eigenvalue weighted by molar-refractivity contribution is 1.22. The minimum absolute atomic E-state index is 0.369. The summed E-state index contributed by atoms with van der Waals surface area (Å²) in [5.41, 5.74) is 10.3. The van der Waals surface area contributed by atoms with Gasteiger partial charge in [-0.1, -0.05) is 39.3 Å². The Bertz CT molecular complexity index is 579. The van der Waals surface area contributed by atoms with Gasteiger partial charge in [0.15, 0.2) is 0 Å². The van der Waals surface area contributed by atoms with Crippen LogP contribution < -0.4 is 0 Å². The molecule has 0 unspecified atom stereocenters. The van der Waals surface area contributed by atoms with Gasteiger partial charge in [-0.3, -0.25) is 0 Å². The van der Waals surface area contributed by atoms with Crippen LogP contribution in [0.4, 0.5) is 0 Å². The van der Waals surface area contributed by atoms with E-state index in [1.807, 2.05) is 36.5 Å². The van der Waals surface area contributed by atoms with Gasteiger partial charge in [0, 0.05) is 38.6 Å². The number of rotatable bonds is 3. The van der Waals surface area contributed by atoms with Crippen LogP contribution in [0.3, 0.4) is 0 Å². The van der Waals surface area contributed by atoms with E-state index in [4.69, 9.17) is 5.53 Å². The summed E-state index contributed by atoms with van der Waals surface area (Å²) < 4.78 is 1.05. The van der Waals surface area contributed by atoms with Crippen LogP contribution in [0.15, 0.2) is 40.1 Å². The highest BCUT2D eigenvalue weighted by atomic mass is 79.9. The number of nitrogens with zero attached hydrogens (tertiary/aromatic N) is 3. The molecule has 0 fully saturated rings. The van der Waals surface area contributed by atoms with Crippen molar-refractivity contribution in [1.82, 2.24) is 4.98 Å². The average molecular weight is 277 g/mol. The van der Waals surface area contributed by atoms with Crippen molar-refractivity contribution in [2.75, 3.05) is 6.54 Å². The van der Waals surface area contributed by atoms with Crippen LogP contribution in [0.25, 0.3) is 27.4 Å². The highest BCUT2D eigenvalue weighted by Crippen LogP contribution is 2.27. The summed E-state index contributed by atoms with van der Waals surface area (Å²) in [6, 6.07) is 6.00. The Hall–Kier alpha value is -1.71. The van der Waals surface area contributed by atoms with Crippen LogP contribution in [-0.4, -0.2) is 11.5 Å². The van der Waals surface area contributed by atoms with Crippen LogP contribution in [0.2, 0.25) is 0 Å². The van der Waals surface area contributed by atoms with Crippen molar-refractivity contribution in [1.29, 1.82) is 0 Å². The fourth-order valence-corrected chi connectivity index (χ4v) is 2.16. The fourth-order valence-electron chi connectivity index (χ4n) is 1.56. The molecular formula is C11H9BrN4. The molecule has 2 rings (SSSR count). The van der Waals surface area contributed by atoms with Crippen LogP contribution in [0.5, 0.6) is 0 Å². The maximum absolute atomic E-state index is 8.15. The van der Waals surface area contributed by atoms with Crippen LogP contribution in [0, 0.1) is 0 Å². The third kappa shape index (κ3) is 2.10. The van der Waals surface area contributed by atoms with Crippen molar-refractivity contribution in [3.63, 3.8) is 0 Å². The highest BCUT2D eigenvalue weighted by Gasteiger charge is 2.03. The van der Waals surface area contributed by atoms with Gasteiger partial charge in [-0.15, -0.1) is 0 Å². The lowest BCUT2D eigenvalue weighted by atomic mass is 10.1. The first-order chi connectivity index (χ1) is 7.83. The number of fused-ring (bicyclic) bond motifs is 1. The second-order valence-electron chi connectivity index (χ2n) is 3.22. The van der Waals surface area contributed by atoms with Gasteiger partial charge in [0.1, 0.15) is 0 Å². The molecule has 0 amide bonds. The zero-order valence-electron chi connectivity index (χ0n) is 8.39. The number of hydrogen-bond acceptors (Lipinski definition) is 1. The van der Waals surface area contributed by atoms with Crippen molar-refractivity contribution < 1.29 is 0 Å². The first-order valence-electron chi connectivity index (χ1n) is 4.76. The Morgan fingerprint density at radius 2 is 2.38 bits per heavy atom. The molecule has 1 N–H and O–H groups in total. The largest absolute Gasteiger partial charge is 0.361 e. The average Bonchev–Trinajstić information content (AvgIpc) is 2.69. The number of nitrogens with one attached hydrogen (secondary N) is 1. The second kappa shape index (κ2) is 4.88. The Morgan fingerprint density at radius 1 is 1.50 bits per heavy atom. The summed E-state index contributed by atoms with van der Waals surface area (Å²) in [5, 5.41) is 4.58. The van der Waals surface area contributed by atoms with Gasteiger partial charge in [0.25, 0.3) is 0 Å². The first kappa shape index (κ1) is 10.8. The molecule has 0 atom stereocenters. The highest BCUT2D eigenvalue weighted by molar-refractivity contribution is 9.10. The molecule has 4 nitrogen and oxygen atoms in total. The third-order valence-electron chi connectivity index (χ3n) is 2.23. The van der Waals surface area contributed by atoms with E-state index in [1.165, 1.54) is 0 Å². The number of halogens is 1. The molecule has 0 aliphatic carbocycles. The molecule has 0 radical (unpaired) electrons. The van der Waals surface area contributed by atoms with E-state index in [9.17, 15) is 0 Å². The number of azide groups is 1. The zero-order valence-corrected chi connectivity index (χ0v) is 9.98. The maximum Gasteiger partial charge on any atom is 0.0471 e.